The Morgan fingerprint density at radius 3 is 2.35 bits per heavy atom. The Bertz CT molecular complexity index is 996. The Labute approximate surface area is 184 Å². The smallest absolute Gasteiger partial charge is 0.201 e. The number of ether oxygens (including phenoxy) is 1. The first-order chi connectivity index (χ1) is 15.1. The first kappa shape index (κ1) is 21.6. The Balaban J connectivity index is 1.41. The molecule has 31 heavy (non-hydrogen) atoms. The zero-order valence-corrected chi connectivity index (χ0v) is 18.3. The van der Waals surface area contributed by atoms with Gasteiger partial charge in [-0.15, -0.1) is 0 Å². The minimum atomic E-state index is -1.000. The van der Waals surface area contributed by atoms with Crippen molar-refractivity contribution >= 4 is 0 Å². The van der Waals surface area contributed by atoms with Gasteiger partial charge in [0.05, 0.1) is 12.7 Å². The van der Waals surface area contributed by atoms with Gasteiger partial charge in [0, 0.05) is 5.56 Å². The van der Waals surface area contributed by atoms with E-state index in [1.165, 1.54) is 63.3 Å². The summed E-state index contributed by atoms with van der Waals surface area (Å²) in [5.74, 6) is 6.76. The van der Waals surface area contributed by atoms with E-state index in [-0.39, 0.29) is 11.3 Å². The molecule has 2 aliphatic rings. The highest BCUT2D eigenvalue weighted by Crippen LogP contribution is 2.47. The molecule has 2 aromatic rings. The molecular formula is C28H30F2O. The highest BCUT2D eigenvalue weighted by Gasteiger charge is 2.35. The standard InChI is InChI=1S/C28H30F2O/c1-3-4-20-8-12-25-18-24(14-13-23(25)17-20)21-9-5-19(6-10-21)7-11-22-15-16-26(31-2)28(30)27(22)29/h3-6,9-10,15-16,20,23-25H,8,12-14,17-18H2,1-2H3/b4-3+. The van der Waals surface area contributed by atoms with Crippen LogP contribution in [-0.4, -0.2) is 7.11 Å². The fraction of sp³-hybridized carbons (Fsp3) is 0.429. The first-order valence-electron chi connectivity index (χ1n) is 11.4. The molecular weight excluding hydrogens is 390 g/mol. The molecule has 2 aromatic carbocycles. The average molecular weight is 421 g/mol. The number of fused-ring (bicyclic) bond motifs is 1. The number of benzene rings is 2. The van der Waals surface area contributed by atoms with Crippen LogP contribution in [0.15, 0.2) is 48.6 Å². The normalized spacial score (nSPS) is 25.5. The first-order valence-corrected chi connectivity index (χ1v) is 11.4. The quantitative estimate of drug-likeness (QED) is 0.375. The third-order valence-electron chi connectivity index (χ3n) is 7.11. The summed E-state index contributed by atoms with van der Waals surface area (Å²) in [7, 11) is 1.31. The molecule has 0 saturated heterocycles. The summed E-state index contributed by atoms with van der Waals surface area (Å²) in [4.78, 5) is 0. The maximum atomic E-state index is 14.1. The number of methoxy groups -OCH3 is 1. The molecule has 4 unspecified atom stereocenters. The lowest BCUT2D eigenvalue weighted by Crippen LogP contribution is -2.30. The zero-order chi connectivity index (χ0) is 21.8. The second-order valence-electron chi connectivity index (χ2n) is 8.94. The Morgan fingerprint density at radius 1 is 0.871 bits per heavy atom. The minimum absolute atomic E-state index is 0.0363. The summed E-state index contributed by atoms with van der Waals surface area (Å²) in [6.07, 6.45) is 12.5. The molecule has 1 nitrogen and oxygen atoms in total. The minimum Gasteiger partial charge on any atom is -0.494 e. The fourth-order valence-corrected chi connectivity index (χ4v) is 5.44. The Hall–Kier alpha value is -2.60. The number of rotatable bonds is 3. The second-order valence-corrected chi connectivity index (χ2v) is 8.94. The van der Waals surface area contributed by atoms with Gasteiger partial charge in [0.1, 0.15) is 0 Å². The van der Waals surface area contributed by atoms with E-state index < -0.39 is 11.6 Å². The largest absolute Gasteiger partial charge is 0.494 e. The third kappa shape index (κ3) is 4.85. The molecule has 0 aliphatic heterocycles. The highest BCUT2D eigenvalue weighted by atomic mass is 19.2. The van der Waals surface area contributed by atoms with E-state index in [4.69, 9.17) is 4.74 Å². The fourth-order valence-electron chi connectivity index (χ4n) is 5.44. The second kappa shape index (κ2) is 9.69. The number of halogens is 2. The SMILES string of the molecule is C/C=C/C1CCC2CC(c3ccc(C#Cc4ccc(OC)c(F)c4F)cc3)CCC2C1. The van der Waals surface area contributed by atoms with E-state index in [9.17, 15) is 8.78 Å². The summed E-state index contributed by atoms with van der Waals surface area (Å²) >= 11 is 0. The van der Waals surface area contributed by atoms with Gasteiger partial charge < -0.3 is 4.74 Å². The van der Waals surface area contributed by atoms with Gasteiger partial charge in [-0.05, 0) is 98.9 Å². The van der Waals surface area contributed by atoms with Crippen molar-refractivity contribution in [3.63, 3.8) is 0 Å². The van der Waals surface area contributed by atoms with Gasteiger partial charge in [-0.2, -0.15) is 4.39 Å². The summed E-state index contributed by atoms with van der Waals surface area (Å²) in [5, 5.41) is 0. The van der Waals surface area contributed by atoms with Gasteiger partial charge in [0.25, 0.3) is 0 Å². The van der Waals surface area contributed by atoms with E-state index in [2.05, 4.69) is 43.0 Å². The molecule has 2 aliphatic carbocycles. The zero-order valence-electron chi connectivity index (χ0n) is 18.3. The summed E-state index contributed by atoms with van der Waals surface area (Å²) < 4.78 is 32.8. The maximum Gasteiger partial charge on any atom is 0.201 e. The Morgan fingerprint density at radius 2 is 1.61 bits per heavy atom. The molecule has 2 fully saturated rings. The van der Waals surface area contributed by atoms with Crippen LogP contribution in [0.1, 0.15) is 68.1 Å². The molecule has 0 bridgehead atoms. The van der Waals surface area contributed by atoms with Crippen LogP contribution in [0.25, 0.3) is 0 Å². The summed E-state index contributed by atoms with van der Waals surface area (Å²) in [5.41, 5.74) is 2.22. The third-order valence-corrected chi connectivity index (χ3v) is 7.11. The predicted octanol–water partition coefficient (Wildman–Crippen LogP) is 7.25. The van der Waals surface area contributed by atoms with Gasteiger partial charge in [-0.1, -0.05) is 36.1 Å². The number of hydrogen-bond acceptors (Lipinski definition) is 1. The maximum absolute atomic E-state index is 14.1. The molecule has 2 saturated carbocycles. The van der Waals surface area contributed by atoms with Crippen LogP contribution in [0.2, 0.25) is 0 Å². The lowest BCUT2D eigenvalue weighted by Gasteiger charge is -2.41. The monoisotopic (exact) mass is 420 g/mol. The molecule has 162 valence electrons. The lowest BCUT2D eigenvalue weighted by atomic mass is 9.64. The molecule has 0 heterocycles. The number of allylic oxidation sites excluding steroid dienone is 2. The van der Waals surface area contributed by atoms with Crippen molar-refractivity contribution in [3.05, 3.63) is 76.9 Å². The van der Waals surface area contributed by atoms with Gasteiger partial charge >= 0.3 is 0 Å². The molecule has 4 atom stereocenters. The van der Waals surface area contributed by atoms with Crippen LogP contribution in [0.3, 0.4) is 0 Å². The van der Waals surface area contributed by atoms with Crippen LogP contribution >= 0.6 is 0 Å². The van der Waals surface area contributed by atoms with Crippen LogP contribution in [0, 0.1) is 41.2 Å². The topological polar surface area (TPSA) is 9.23 Å². The van der Waals surface area contributed by atoms with Crippen molar-refractivity contribution in [1.82, 2.24) is 0 Å². The molecule has 0 radical (unpaired) electrons. The van der Waals surface area contributed by atoms with Crippen molar-refractivity contribution in [1.29, 1.82) is 0 Å². The molecule has 0 amide bonds. The van der Waals surface area contributed by atoms with Crippen molar-refractivity contribution in [2.24, 2.45) is 17.8 Å². The van der Waals surface area contributed by atoms with Gasteiger partial charge in [0.2, 0.25) is 5.82 Å². The van der Waals surface area contributed by atoms with E-state index in [0.717, 1.165) is 23.3 Å². The van der Waals surface area contributed by atoms with E-state index in [0.29, 0.717) is 5.92 Å². The molecule has 0 spiro atoms. The van der Waals surface area contributed by atoms with Crippen LogP contribution in [0.5, 0.6) is 5.75 Å². The van der Waals surface area contributed by atoms with Gasteiger partial charge in [-0.25, -0.2) is 4.39 Å². The van der Waals surface area contributed by atoms with Crippen LogP contribution in [0.4, 0.5) is 8.78 Å². The summed E-state index contributed by atoms with van der Waals surface area (Å²) in [6, 6.07) is 11.1. The van der Waals surface area contributed by atoms with E-state index in [1.54, 1.807) is 0 Å². The highest BCUT2D eigenvalue weighted by molar-refractivity contribution is 5.46. The van der Waals surface area contributed by atoms with Crippen LogP contribution in [-0.2, 0) is 0 Å². The van der Waals surface area contributed by atoms with Gasteiger partial charge in [0.15, 0.2) is 11.6 Å². The lowest BCUT2D eigenvalue weighted by molar-refractivity contribution is 0.133. The van der Waals surface area contributed by atoms with Crippen molar-refractivity contribution in [2.45, 2.75) is 51.4 Å². The summed E-state index contributed by atoms with van der Waals surface area (Å²) in [6.45, 7) is 2.13. The average Bonchev–Trinajstić information content (AvgIpc) is 2.80. The molecule has 0 aromatic heterocycles. The van der Waals surface area contributed by atoms with Crippen molar-refractivity contribution in [2.75, 3.05) is 7.11 Å². The van der Waals surface area contributed by atoms with E-state index >= 15 is 0 Å². The molecule has 0 N–H and O–H groups in total. The molecule has 4 rings (SSSR count). The predicted molar refractivity (Wildman–Crippen MR) is 121 cm³/mol. The van der Waals surface area contributed by atoms with Gasteiger partial charge in [-0.3, -0.25) is 0 Å². The van der Waals surface area contributed by atoms with Crippen molar-refractivity contribution < 1.29 is 13.5 Å². The Kier molecular flexibility index (Phi) is 6.76. The van der Waals surface area contributed by atoms with Crippen LogP contribution < -0.4 is 4.74 Å². The number of hydrogen-bond donors (Lipinski definition) is 0. The molecule has 3 heteroatoms. The van der Waals surface area contributed by atoms with E-state index in [1.807, 2.05) is 12.1 Å². The van der Waals surface area contributed by atoms with Crippen molar-refractivity contribution in [3.8, 4) is 17.6 Å².